The molecule has 30 heavy (non-hydrogen) atoms. The molecule has 2 rings (SSSR count). The van der Waals surface area contributed by atoms with Crippen LogP contribution in [0.3, 0.4) is 0 Å². The van der Waals surface area contributed by atoms with E-state index in [1.165, 1.54) is 12.1 Å². The quantitative estimate of drug-likeness (QED) is 0.547. The number of nitrogens with zero attached hydrogens (tertiary/aromatic N) is 1. The Balaban J connectivity index is 2.06. The molecule has 0 spiro atoms. The Morgan fingerprint density at radius 2 is 1.83 bits per heavy atom. The lowest BCUT2D eigenvalue weighted by atomic mass is 10.1. The summed E-state index contributed by atoms with van der Waals surface area (Å²) in [4.78, 5) is 24.4. The fourth-order valence-electron chi connectivity index (χ4n) is 2.72. The van der Waals surface area contributed by atoms with Crippen molar-refractivity contribution < 1.29 is 22.7 Å². The van der Waals surface area contributed by atoms with E-state index in [4.69, 9.17) is 27.9 Å². The molecule has 1 N–H and O–H groups in total. The average molecular weight is 473 g/mol. The van der Waals surface area contributed by atoms with Gasteiger partial charge in [0.2, 0.25) is 15.9 Å². The average Bonchev–Trinajstić information content (AvgIpc) is 2.67. The third-order valence-corrected chi connectivity index (χ3v) is 5.77. The van der Waals surface area contributed by atoms with Gasteiger partial charge in [0.1, 0.15) is 0 Å². The molecule has 0 aliphatic rings. The Bertz CT molecular complexity index is 1030. The molecule has 0 radical (unpaired) electrons. The number of carbonyl (C=O) groups excluding carboxylic acids is 2. The van der Waals surface area contributed by atoms with E-state index in [1.807, 2.05) is 0 Å². The predicted octanol–water partition coefficient (Wildman–Crippen LogP) is 4.36. The van der Waals surface area contributed by atoms with E-state index in [1.54, 1.807) is 37.3 Å². The van der Waals surface area contributed by atoms with Gasteiger partial charge in [0.15, 0.2) is 0 Å². The Kier molecular flexibility index (Phi) is 8.52. The number of benzene rings is 2. The van der Waals surface area contributed by atoms with E-state index in [2.05, 4.69) is 5.32 Å². The monoisotopic (exact) mass is 472 g/mol. The number of sulfonamides is 1. The lowest BCUT2D eigenvalue weighted by Gasteiger charge is -2.23. The zero-order valence-electron chi connectivity index (χ0n) is 16.5. The molecule has 2 aromatic carbocycles. The Morgan fingerprint density at radius 3 is 2.50 bits per heavy atom. The second-order valence-corrected chi connectivity index (χ2v) is 9.10. The van der Waals surface area contributed by atoms with Crippen LogP contribution in [0.4, 0.5) is 11.4 Å². The second kappa shape index (κ2) is 10.7. The maximum absolute atomic E-state index is 12.4. The zero-order chi connectivity index (χ0) is 22.3. The molecule has 2 aromatic rings. The van der Waals surface area contributed by atoms with Crippen LogP contribution in [-0.2, 0) is 19.6 Å². The number of ether oxygens (including phenoxy) is 1. The number of hydrogen-bond donors (Lipinski definition) is 1. The van der Waals surface area contributed by atoms with Gasteiger partial charge in [0.05, 0.1) is 34.8 Å². The fourth-order valence-corrected chi connectivity index (χ4v) is 4.12. The van der Waals surface area contributed by atoms with Crippen LogP contribution >= 0.6 is 23.2 Å². The molecule has 0 saturated heterocycles. The van der Waals surface area contributed by atoms with Gasteiger partial charge < -0.3 is 10.1 Å². The molecule has 0 aromatic heterocycles. The summed E-state index contributed by atoms with van der Waals surface area (Å²) >= 11 is 12.1. The van der Waals surface area contributed by atoms with E-state index in [0.717, 1.165) is 10.6 Å². The minimum Gasteiger partial charge on any atom is -0.462 e. The zero-order valence-corrected chi connectivity index (χ0v) is 18.9. The maximum Gasteiger partial charge on any atom is 0.340 e. The predicted molar refractivity (Wildman–Crippen MR) is 119 cm³/mol. The summed E-state index contributed by atoms with van der Waals surface area (Å²) in [6.07, 6.45) is 1.31. The number of halogens is 2. The van der Waals surface area contributed by atoms with Crippen LogP contribution in [0, 0.1) is 0 Å². The first-order valence-electron chi connectivity index (χ1n) is 9.12. The highest BCUT2D eigenvalue weighted by molar-refractivity contribution is 7.92. The number of carbonyl (C=O) groups is 2. The van der Waals surface area contributed by atoms with Crippen molar-refractivity contribution in [2.24, 2.45) is 0 Å². The number of hydrogen-bond acceptors (Lipinski definition) is 5. The number of anilines is 2. The largest absolute Gasteiger partial charge is 0.462 e. The van der Waals surface area contributed by atoms with E-state index in [-0.39, 0.29) is 48.2 Å². The molecule has 0 aliphatic heterocycles. The molecule has 10 heteroatoms. The summed E-state index contributed by atoms with van der Waals surface area (Å²) in [5, 5.41) is 3.25. The molecular weight excluding hydrogens is 451 g/mol. The summed E-state index contributed by atoms with van der Waals surface area (Å²) in [7, 11) is -3.64. The number of amides is 1. The molecule has 0 heterocycles. The van der Waals surface area contributed by atoms with Crippen LogP contribution in [0.2, 0.25) is 10.0 Å². The van der Waals surface area contributed by atoms with Crippen LogP contribution in [0.15, 0.2) is 42.5 Å². The van der Waals surface area contributed by atoms with Crippen LogP contribution in [0.25, 0.3) is 0 Å². The van der Waals surface area contributed by atoms with Crippen molar-refractivity contribution in [3.8, 4) is 0 Å². The first-order valence-corrected chi connectivity index (χ1v) is 11.7. The van der Waals surface area contributed by atoms with Crippen LogP contribution in [-0.4, -0.2) is 39.7 Å². The molecule has 1 amide bonds. The number of para-hydroxylation sites is 1. The van der Waals surface area contributed by atoms with Gasteiger partial charge >= 0.3 is 5.97 Å². The topological polar surface area (TPSA) is 92.8 Å². The van der Waals surface area contributed by atoms with E-state index < -0.39 is 16.0 Å². The van der Waals surface area contributed by atoms with Crippen LogP contribution < -0.4 is 9.62 Å². The maximum atomic E-state index is 12.4. The van der Waals surface area contributed by atoms with Crippen molar-refractivity contribution in [2.75, 3.05) is 29.0 Å². The third-order valence-electron chi connectivity index (χ3n) is 4.04. The Morgan fingerprint density at radius 1 is 1.13 bits per heavy atom. The van der Waals surface area contributed by atoms with E-state index >= 15 is 0 Å². The van der Waals surface area contributed by atoms with Crippen molar-refractivity contribution in [1.82, 2.24) is 0 Å². The van der Waals surface area contributed by atoms with Gasteiger partial charge in [-0.15, -0.1) is 0 Å². The van der Waals surface area contributed by atoms with Gasteiger partial charge in [-0.05, 0) is 43.7 Å². The van der Waals surface area contributed by atoms with Gasteiger partial charge in [-0.3, -0.25) is 9.10 Å². The highest BCUT2D eigenvalue weighted by Crippen LogP contribution is 2.31. The first-order chi connectivity index (χ1) is 14.1. The van der Waals surface area contributed by atoms with Crippen molar-refractivity contribution in [3.63, 3.8) is 0 Å². The number of rotatable bonds is 9. The van der Waals surface area contributed by atoms with Crippen LogP contribution in [0.1, 0.15) is 30.1 Å². The normalized spacial score (nSPS) is 11.1. The highest BCUT2D eigenvalue weighted by Gasteiger charge is 2.21. The summed E-state index contributed by atoms with van der Waals surface area (Å²) in [5.41, 5.74) is 0.828. The molecule has 162 valence electrons. The lowest BCUT2D eigenvalue weighted by molar-refractivity contribution is -0.116. The molecule has 0 atom stereocenters. The summed E-state index contributed by atoms with van der Waals surface area (Å²) in [6, 6.07) is 11.0. The molecule has 0 fully saturated rings. The van der Waals surface area contributed by atoms with E-state index in [0.29, 0.717) is 10.7 Å². The minimum atomic E-state index is -3.64. The lowest BCUT2D eigenvalue weighted by Crippen LogP contribution is -2.31. The summed E-state index contributed by atoms with van der Waals surface area (Å²) in [5.74, 6) is -0.898. The number of nitrogens with one attached hydrogen (secondary N) is 1. The smallest absolute Gasteiger partial charge is 0.340 e. The van der Waals surface area contributed by atoms with Crippen molar-refractivity contribution in [2.45, 2.75) is 19.8 Å². The second-order valence-electron chi connectivity index (χ2n) is 6.35. The Hall–Kier alpha value is -2.29. The standard InChI is InChI=1S/C20H22Cl2N2O5S/c1-3-29-20(26)15-7-4-5-8-17(15)23-19(25)9-6-12-24(30(2,27)28)18-13-14(21)10-11-16(18)22/h4-5,7-8,10-11,13H,3,6,9,12H2,1-2H3,(H,23,25). The molecule has 7 nitrogen and oxygen atoms in total. The third kappa shape index (κ3) is 6.62. The van der Waals surface area contributed by atoms with Gasteiger partial charge in [0, 0.05) is 18.0 Å². The van der Waals surface area contributed by atoms with E-state index in [9.17, 15) is 18.0 Å². The van der Waals surface area contributed by atoms with Crippen LogP contribution in [0.5, 0.6) is 0 Å². The molecule has 0 saturated carbocycles. The van der Waals surface area contributed by atoms with Crippen molar-refractivity contribution in [1.29, 1.82) is 0 Å². The minimum absolute atomic E-state index is 0.0291. The Labute approximate surface area is 186 Å². The first kappa shape index (κ1) is 24.0. The van der Waals surface area contributed by atoms with Gasteiger partial charge in [0.25, 0.3) is 0 Å². The van der Waals surface area contributed by atoms with Crippen molar-refractivity contribution >= 4 is 56.5 Å². The van der Waals surface area contributed by atoms with Crippen molar-refractivity contribution in [3.05, 3.63) is 58.1 Å². The molecule has 0 bridgehead atoms. The summed E-state index contributed by atoms with van der Waals surface area (Å²) < 4.78 is 30.5. The highest BCUT2D eigenvalue weighted by atomic mass is 35.5. The number of esters is 1. The van der Waals surface area contributed by atoms with Gasteiger partial charge in [-0.2, -0.15) is 0 Å². The molecular formula is C20H22Cl2N2O5S. The van der Waals surface area contributed by atoms with Gasteiger partial charge in [-0.1, -0.05) is 35.3 Å². The summed E-state index contributed by atoms with van der Waals surface area (Å²) in [6.45, 7) is 1.94. The fraction of sp³-hybridized carbons (Fsp3) is 0.300. The molecule has 0 aliphatic carbocycles. The van der Waals surface area contributed by atoms with Gasteiger partial charge in [-0.25, -0.2) is 13.2 Å². The molecule has 0 unspecified atom stereocenters. The SMILES string of the molecule is CCOC(=O)c1ccccc1NC(=O)CCCN(c1cc(Cl)ccc1Cl)S(C)(=O)=O.